The Morgan fingerprint density at radius 1 is 1.35 bits per heavy atom. The fourth-order valence-electron chi connectivity index (χ4n) is 3.44. The van der Waals surface area contributed by atoms with Gasteiger partial charge in [0.05, 0.1) is 0 Å². The summed E-state index contributed by atoms with van der Waals surface area (Å²) < 4.78 is 13.9. The Labute approximate surface area is 162 Å². The van der Waals surface area contributed by atoms with Crippen LogP contribution in [0.15, 0.2) is 23.2 Å². The van der Waals surface area contributed by atoms with Gasteiger partial charge in [0.25, 0.3) is 0 Å². The van der Waals surface area contributed by atoms with Crippen LogP contribution in [-0.4, -0.2) is 49.0 Å². The number of nitrogens with one attached hydrogen (secondary N) is 2. The number of benzene rings is 1. The van der Waals surface area contributed by atoms with Crippen molar-refractivity contribution in [2.24, 2.45) is 4.99 Å². The van der Waals surface area contributed by atoms with Gasteiger partial charge in [0.2, 0.25) is 0 Å². The van der Waals surface area contributed by atoms with Crippen molar-refractivity contribution in [1.29, 1.82) is 0 Å². The molecular formula is C20H33FN4S. The summed E-state index contributed by atoms with van der Waals surface area (Å²) in [6, 6.07) is 5.81. The lowest BCUT2D eigenvalue weighted by Gasteiger charge is -2.30. The average Bonchev–Trinajstić information content (AvgIpc) is 2.61. The molecule has 1 saturated carbocycles. The Balaban J connectivity index is 1.88. The molecule has 1 aromatic rings. The molecule has 2 N–H and O–H groups in total. The highest BCUT2D eigenvalue weighted by Crippen LogP contribution is 2.28. The van der Waals surface area contributed by atoms with E-state index >= 15 is 0 Å². The van der Waals surface area contributed by atoms with Crippen molar-refractivity contribution in [1.82, 2.24) is 15.5 Å². The zero-order valence-corrected chi connectivity index (χ0v) is 17.3. The second-order valence-corrected chi connectivity index (χ2v) is 8.75. The molecule has 0 bridgehead atoms. The van der Waals surface area contributed by atoms with Gasteiger partial charge in [-0.05, 0) is 56.8 Å². The maximum atomic E-state index is 13.9. The number of halogens is 1. The van der Waals surface area contributed by atoms with E-state index in [2.05, 4.69) is 34.3 Å². The predicted molar refractivity (Wildman–Crippen MR) is 111 cm³/mol. The lowest BCUT2D eigenvalue weighted by atomic mass is 9.95. The van der Waals surface area contributed by atoms with Gasteiger partial charge in [0, 0.05) is 37.0 Å². The van der Waals surface area contributed by atoms with Crippen LogP contribution in [0.5, 0.6) is 0 Å². The molecule has 0 radical (unpaired) electrons. The summed E-state index contributed by atoms with van der Waals surface area (Å²) in [5, 5.41) is 7.70. The van der Waals surface area contributed by atoms with E-state index in [1.165, 1.54) is 31.4 Å². The summed E-state index contributed by atoms with van der Waals surface area (Å²) in [4.78, 5) is 6.34. The van der Waals surface area contributed by atoms with Crippen molar-refractivity contribution in [3.8, 4) is 0 Å². The monoisotopic (exact) mass is 380 g/mol. The van der Waals surface area contributed by atoms with Crippen LogP contribution in [0.25, 0.3) is 0 Å². The number of aliphatic imine (C=N–C) groups is 1. The van der Waals surface area contributed by atoms with Gasteiger partial charge in [-0.25, -0.2) is 4.39 Å². The van der Waals surface area contributed by atoms with Crippen LogP contribution in [0.3, 0.4) is 0 Å². The van der Waals surface area contributed by atoms with Gasteiger partial charge in [-0.1, -0.05) is 19.4 Å². The molecule has 0 saturated heterocycles. The van der Waals surface area contributed by atoms with Gasteiger partial charge in [-0.2, -0.15) is 11.8 Å². The maximum Gasteiger partial charge on any atom is 0.191 e. The highest BCUT2D eigenvalue weighted by atomic mass is 32.2. The van der Waals surface area contributed by atoms with E-state index in [1.54, 1.807) is 13.1 Å². The lowest BCUT2D eigenvalue weighted by Crippen LogP contribution is -2.45. The molecule has 0 amide bonds. The molecule has 0 aliphatic heterocycles. The number of hydrogen-bond acceptors (Lipinski definition) is 3. The van der Waals surface area contributed by atoms with E-state index in [0.29, 0.717) is 19.1 Å². The molecule has 2 unspecified atom stereocenters. The number of guanidine groups is 1. The van der Waals surface area contributed by atoms with Gasteiger partial charge in [0.15, 0.2) is 5.96 Å². The third kappa shape index (κ3) is 6.80. The van der Waals surface area contributed by atoms with E-state index in [4.69, 9.17) is 0 Å². The van der Waals surface area contributed by atoms with Crippen molar-refractivity contribution < 1.29 is 4.39 Å². The Kier molecular flexibility index (Phi) is 8.72. The second-order valence-electron chi connectivity index (χ2n) is 7.17. The fourth-order valence-corrected chi connectivity index (χ4v) is 4.61. The zero-order chi connectivity index (χ0) is 18.9. The van der Waals surface area contributed by atoms with Crippen LogP contribution in [0, 0.1) is 5.82 Å². The first-order chi connectivity index (χ1) is 12.5. The molecule has 0 heterocycles. The molecule has 2 atom stereocenters. The molecule has 0 aromatic heterocycles. The Hall–Kier alpha value is -1.27. The minimum Gasteiger partial charge on any atom is -0.354 e. The quantitative estimate of drug-likeness (QED) is 0.560. The normalized spacial score (nSPS) is 21.1. The van der Waals surface area contributed by atoms with E-state index < -0.39 is 0 Å². The van der Waals surface area contributed by atoms with Crippen molar-refractivity contribution in [2.45, 2.75) is 57.0 Å². The molecule has 1 aliphatic rings. The maximum absolute atomic E-state index is 13.9. The van der Waals surface area contributed by atoms with Crippen LogP contribution < -0.4 is 10.6 Å². The second kappa shape index (κ2) is 10.8. The van der Waals surface area contributed by atoms with Gasteiger partial charge < -0.3 is 15.5 Å². The number of hydrogen-bond donors (Lipinski definition) is 2. The van der Waals surface area contributed by atoms with Crippen LogP contribution in [-0.2, 0) is 13.1 Å². The largest absolute Gasteiger partial charge is 0.354 e. The molecule has 0 spiro atoms. The van der Waals surface area contributed by atoms with Crippen molar-refractivity contribution in [3.05, 3.63) is 35.1 Å². The van der Waals surface area contributed by atoms with E-state index in [9.17, 15) is 4.39 Å². The topological polar surface area (TPSA) is 39.7 Å². The van der Waals surface area contributed by atoms with Gasteiger partial charge >= 0.3 is 0 Å². The van der Waals surface area contributed by atoms with Crippen molar-refractivity contribution >= 4 is 17.7 Å². The smallest absolute Gasteiger partial charge is 0.191 e. The zero-order valence-electron chi connectivity index (χ0n) is 16.5. The van der Waals surface area contributed by atoms with Crippen LogP contribution in [0.1, 0.15) is 43.7 Å². The summed E-state index contributed by atoms with van der Waals surface area (Å²) >= 11 is 2.07. The molecule has 1 aromatic carbocycles. The molecule has 146 valence electrons. The van der Waals surface area contributed by atoms with E-state index in [1.807, 2.05) is 31.1 Å². The van der Waals surface area contributed by atoms with E-state index in [0.717, 1.165) is 22.3 Å². The Bertz CT molecular complexity index is 589. The van der Waals surface area contributed by atoms with Gasteiger partial charge in [0.1, 0.15) is 5.82 Å². The Morgan fingerprint density at radius 3 is 2.85 bits per heavy atom. The predicted octanol–water partition coefficient (Wildman–Crippen LogP) is 3.62. The van der Waals surface area contributed by atoms with Crippen LogP contribution in [0.2, 0.25) is 0 Å². The molecule has 4 nitrogen and oxygen atoms in total. The SMILES string of the molecule is CCSC1CCCC(NC(=NC)NCc2ccc(F)c(CN(C)C)c2)C1. The molecule has 6 heteroatoms. The number of rotatable bonds is 7. The summed E-state index contributed by atoms with van der Waals surface area (Å²) in [5.41, 5.74) is 1.79. The average molecular weight is 381 g/mol. The standard InChI is InChI=1S/C20H33FN4S/c1-5-26-18-8-6-7-17(12-18)24-20(22-2)23-13-15-9-10-19(21)16(11-15)14-25(3)4/h9-11,17-18H,5-8,12-14H2,1-4H3,(H2,22,23,24). The Morgan fingerprint density at radius 2 is 2.15 bits per heavy atom. The first-order valence-electron chi connectivity index (χ1n) is 9.52. The van der Waals surface area contributed by atoms with Crippen molar-refractivity contribution in [3.63, 3.8) is 0 Å². The summed E-state index contributed by atoms with van der Waals surface area (Å²) in [6.07, 6.45) is 5.00. The molecule has 1 fully saturated rings. The summed E-state index contributed by atoms with van der Waals surface area (Å²) in [7, 11) is 5.70. The van der Waals surface area contributed by atoms with Crippen LogP contribution >= 0.6 is 11.8 Å². The number of thioether (sulfide) groups is 1. The van der Waals surface area contributed by atoms with Crippen LogP contribution in [0.4, 0.5) is 4.39 Å². The van der Waals surface area contributed by atoms with Gasteiger partial charge in [-0.15, -0.1) is 0 Å². The highest BCUT2D eigenvalue weighted by Gasteiger charge is 2.22. The minimum atomic E-state index is -0.147. The molecule has 1 aliphatic carbocycles. The number of nitrogens with zero attached hydrogens (tertiary/aromatic N) is 2. The third-order valence-electron chi connectivity index (χ3n) is 4.65. The fraction of sp³-hybridized carbons (Fsp3) is 0.650. The lowest BCUT2D eigenvalue weighted by molar-refractivity contribution is 0.392. The van der Waals surface area contributed by atoms with Crippen molar-refractivity contribution in [2.75, 3.05) is 26.9 Å². The highest BCUT2D eigenvalue weighted by molar-refractivity contribution is 7.99. The first-order valence-corrected chi connectivity index (χ1v) is 10.6. The summed E-state index contributed by atoms with van der Waals surface area (Å²) in [6.45, 7) is 3.47. The molecule has 2 rings (SSSR count). The van der Waals surface area contributed by atoms with Gasteiger partial charge in [-0.3, -0.25) is 4.99 Å². The molecule has 26 heavy (non-hydrogen) atoms. The minimum absolute atomic E-state index is 0.147. The van der Waals surface area contributed by atoms with E-state index in [-0.39, 0.29) is 5.82 Å². The summed E-state index contributed by atoms with van der Waals surface area (Å²) in [5.74, 6) is 1.87. The molecular weight excluding hydrogens is 347 g/mol. The third-order valence-corrected chi connectivity index (χ3v) is 5.88. The first kappa shape index (κ1) is 21.0.